The van der Waals surface area contributed by atoms with Crippen LogP contribution in [0.3, 0.4) is 0 Å². The number of carboxylic acid groups (broad SMARTS) is 1. The minimum atomic E-state index is -1.05. The molecule has 184 valence electrons. The van der Waals surface area contributed by atoms with Crippen molar-refractivity contribution in [2.45, 2.75) is 25.3 Å². The molecule has 0 radical (unpaired) electrons. The number of rotatable bonds is 7. The van der Waals surface area contributed by atoms with Gasteiger partial charge in [0.2, 0.25) is 0 Å². The lowest BCUT2D eigenvalue weighted by molar-refractivity contribution is 0.0690. The average molecular weight is 484 g/mol. The van der Waals surface area contributed by atoms with Gasteiger partial charge in [-0.1, -0.05) is 66.7 Å². The minimum Gasteiger partial charge on any atom is -0.477 e. The summed E-state index contributed by atoms with van der Waals surface area (Å²) in [5.41, 5.74) is 1.96. The highest BCUT2D eigenvalue weighted by atomic mass is 19.1. The highest BCUT2D eigenvalue weighted by molar-refractivity contribution is 5.86. The largest absolute Gasteiger partial charge is 0.477 e. The van der Waals surface area contributed by atoms with E-state index in [1.54, 1.807) is 12.1 Å². The number of hydrogen-bond donors (Lipinski definition) is 2. The van der Waals surface area contributed by atoms with Crippen molar-refractivity contribution >= 4 is 22.6 Å². The number of fused-ring (bicyclic) bond motifs is 1. The van der Waals surface area contributed by atoms with Gasteiger partial charge in [-0.05, 0) is 65.9 Å². The number of aromatic nitrogens is 1. The summed E-state index contributed by atoms with van der Waals surface area (Å²) < 4.78 is 15.0. The molecule has 3 atom stereocenters. The normalized spacial score (nSPS) is 18.8. The molecule has 1 aliphatic rings. The third-order valence-corrected chi connectivity index (χ3v) is 7.31. The lowest BCUT2D eigenvalue weighted by Crippen LogP contribution is -2.43. The van der Waals surface area contributed by atoms with E-state index in [9.17, 15) is 14.3 Å². The molecule has 1 fully saturated rings. The Balaban J connectivity index is 1.37. The van der Waals surface area contributed by atoms with Gasteiger partial charge in [0, 0.05) is 25.0 Å². The molecule has 2 N–H and O–H groups in total. The first-order valence-electron chi connectivity index (χ1n) is 12.4. The van der Waals surface area contributed by atoms with Gasteiger partial charge in [-0.2, -0.15) is 0 Å². The predicted molar refractivity (Wildman–Crippen MR) is 141 cm³/mol. The van der Waals surface area contributed by atoms with Gasteiger partial charge in [0.25, 0.3) is 0 Å². The number of hydrogen-bond acceptors (Lipinski definition) is 4. The predicted octanol–water partition coefficient (Wildman–Crippen LogP) is 6.03. The maximum atomic E-state index is 15.0. The summed E-state index contributed by atoms with van der Waals surface area (Å²) in [6.07, 6.45) is 0.841. The number of carbonyl (C=O) groups is 1. The summed E-state index contributed by atoms with van der Waals surface area (Å²) in [4.78, 5) is 17.8. The SMILES string of the molecule is C[C@@H](NCC1CCN(c2cccc(C(=O)O)n2)CC1c1ccccc1F)c1cccc2ccccc12. The van der Waals surface area contributed by atoms with Gasteiger partial charge in [0.15, 0.2) is 5.69 Å². The first-order valence-corrected chi connectivity index (χ1v) is 12.4. The lowest BCUT2D eigenvalue weighted by Gasteiger charge is -2.40. The van der Waals surface area contributed by atoms with Gasteiger partial charge in [-0.15, -0.1) is 0 Å². The molecule has 0 amide bonds. The zero-order chi connectivity index (χ0) is 25.1. The summed E-state index contributed by atoms with van der Waals surface area (Å²) in [5, 5.41) is 15.5. The van der Waals surface area contributed by atoms with Crippen molar-refractivity contribution in [3.63, 3.8) is 0 Å². The Hall–Kier alpha value is -3.77. The highest BCUT2D eigenvalue weighted by Gasteiger charge is 2.33. The van der Waals surface area contributed by atoms with Gasteiger partial charge >= 0.3 is 5.97 Å². The van der Waals surface area contributed by atoms with Crippen LogP contribution in [0.5, 0.6) is 0 Å². The van der Waals surface area contributed by atoms with E-state index in [1.807, 2.05) is 18.2 Å². The Morgan fingerprint density at radius 2 is 1.81 bits per heavy atom. The second-order valence-electron chi connectivity index (χ2n) is 9.51. The Bertz CT molecular complexity index is 1370. The molecule has 6 heteroatoms. The number of aromatic carboxylic acids is 1. The van der Waals surface area contributed by atoms with Crippen LogP contribution in [0.4, 0.5) is 10.2 Å². The van der Waals surface area contributed by atoms with E-state index in [0.717, 1.165) is 19.5 Å². The monoisotopic (exact) mass is 483 g/mol. The number of nitrogens with zero attached hydrogens (tertiary/aromatic N) is 2. The molecule has 5 rings (SSSR count). The topological polar surface area (TPSA) is 65.5 Å². The highest BCUT2D eigenvalue weighted by Crippen LogP contribution is 2.36. The molecule has 4 aromatic rings. The third kappa shape index (κ3) is 4.95. The van der Waals surface area contributed by atoms with Gasteiger partial charge in [-0.3, -0.25) is 0 Å². The number of benzene rings is 3. The van der Waals surface area contributed by atoms with Crippen LogP contribution in [-0.4, -0.2) is 35.7 Å². The van der Waals surface area contributed by atoms with Crippen LogP contribution >= 0.6 is 0 Å². The van der Waals surface area contributed by atoms with E-state index >= 15 is 0 Å². The third-order valence-electron chi connectivity index (χ3n) is 7.31. The number of piperidine rings is 1. The lowest BCUT2D eigenvalue weighted by atomic mass is 9.80. The van der Waals surface area contributed by atoms with Gasteiger partial charge in [0.1, 0.15) is 11.6 Å². The van der Waals surface area contributed by atoms with E-state index in [2.05, 4.69) is 64.6 Å². The zero-order valence-electron chi connectivity index (χ0n) is 20.3. The molecule has 2 unspecified atom stereocenters. The summed E-state index contributed by atoms with van der Waals surface area (Å²) in [7, 11) is 0. The minimum absolute atomic E-state index is 0.0163. The second-order valence-corrected chi connectivity index (χ2v) is 9.51. The Kier molecular flexibility index (Phi) is 6.96. The number of anilines is 1. The standard InChI is InChI=1S/C30H30FN3O2/c1-20(23-12-6-9-21-8-2-3-10-24(21)23)32-18-22-16-17-34(29-15-7-14-28(33-29)30(35)36)19-26(22)25-11-4-5-13-27(25)31/h2-15,20,22,26,32H,16-19H2,1H3,(H,35,36)/t20-,22?,26?/m1/s1. The second kappa shape index (κ2) is 10.5. The number of carboxylic acids is 1. The molecule has 0 aliphatic carbocycles. The Labute approximate surface area is 210 Å². The van der Waals surface area contributed by atoms with Crippen LogP contribution in [0.1, 0.15) is 46.9 Å². The van der Waals surface area contributed by atoms with E-state index in [1.165, 1.54) is 28.5 Å². The number of nitrogens with one attached hydrogen (secondary N) is 1. The fourth-order valence-corrected chi connectivity index (χ4v) is 5.37. The summed E-state index contributed by atoms with van der Waals surface area (Å²) >= 11 is 0. The van der Waals surface area contributed by atoms with E-state index in [4.69, 9.17) is 0 Å². The van der Waals surface area contributed by atoms with Crippen molar-refractivity contribution in [1.29, 1.82) is 0 Å². The van der Waals surface area contributed by atoms with Crippen LogP contribution in [0, 0.1) is 11.7 Å². The number of pyridine rings is 1. The van der Waals surface area contributed by atoms with Crippen molar-refractivity contribution in [3.8, 4) is 0 Å². The first-order chi connectivity index (χ1) is 17.5. The number of halogens is 1. The van der Waals surface area contributed by atoms with Crippen LogP contribution in [0.2, 0.25) is 0 Å². The fourth-order valence-electron chi connectivity index (χ4n) is 5.37. The van der Waals surface area contributed by atoms with Crippen LogP contribution < -0.4 is 10.2 Å². The van der Waals surface area contributed by atoms with Crippen LogP contribution in [0.15, 0.2) is 84.9 Å². The molecule has 0 bridgehead atoms. The molecule has 1 aliphatic heterocycles. The molecular formula is C30H30FN3O2. The van der Waals surface area contributed by atoms with Gasteiger partial charge < -0.3 is 15.3 Å². The molecule has 2 heterocycles. The molecule has 1 aromatic heterocycles. The smallest absolute Gasteiger partial charge is 0.354 e. The molecule has 0 spiro atoms. The molecule has 1 saturated heterocycles. The quantitative estimate of drug-likeness (QED) is 0.336. The van der Waals surface area contributed by atoms with Gasteiger partial charge in [-0.25, -0.2) is 14.2 Å². The summed E-state index contributed by atoms with van der Waals surface area (Å²) in [6, 6.07) is 26.9. The molecule has 3 aromatic carbocycles. The maximum absolute atomic E-state index is 15.0. The maximum Gasteiger partial charge on any atom is 0.354 e. The van der Waals surface area contributed by atoms with E-state index in [-0.39, 0.29) is 29.4 Å². The van der Waals surface area contributed by atoms with E-state index in [0.29, 0.717) is 17.9 Å². The van der Waals surface area contributed by atoms with Crippen molar-refractivity contribution in [1.82, 2.24) is 10.3 Å². The fraction of sp³-hybridized carbons (Fsp3) is 0.267. The Morgan fingerprint density at radius 1 is 1.06 bits per heavy atom. The van der Waals surface area contributed by atoms with Crippen molar-refractivity contribution in [2.75, 3.05) is 24.5 Å². The average Bonchev–Trinajstić information content (AvgIpc) is 2.91. The molecular weight excluding hydrogens is 453 g/mol. The van der Waals surface area contributed by atoms with Crippen LogP contribution in [0.25, 0.3) is 10.8 Å². The van der Waals surface area contributed by atoms with Crippen molar-refractivity contribution in [3.05, 3.63) is 108 Å². The zero-order valence-corrected chi connectivity index (χ0v) is 20.3. The van der Waals surface area contributed by atoms with Gasteiger partial charge in [0.05, 0.1) is 0 Å². The molecule has 5 nitrogen and oxygen atoms in total. The Morgan fingerprint density at radius 3 is 2.64 bits per heavy atom. The molecule has 0 saturated carbocycles. The van der Waals surface area contributed by atoms with Crippen molar-refractivity contribution < 1.29 is 14.3 Å². The van der Waals surface area contributed by atoms with Crippen molar-refractivity contribution in [2.24, 2.45) is 5.92 Å². The summed E-state index contributed by atoms with van der Waals surface area (Å²) in [6.45, 7) is 4.23. The van der Waals surface area contributed by atoms with Crippen LogP contribution in [-0.2, 0) is 0 Å². The van der Waals surface area contributed by atoms with E-state index < -0.39 is 5.97 Å². The summed E-state index contributed by atoms with van der Waals surface area (Å²) in [5.74, 6) is -0.472. The molecule has 36 heavy (non-hydrogen) atoms. The first kappa shape index (κ1) is 23.9.